The summed E-state index contributed by atoms with van der Waals surface area (Å²) in [6.45, 7) is 5.27. The molecule has 37 heavy (non-hydrogen) atoms. The highest BCUT2D eigenvalue weighted by molar-refractivity contribution is 7.92. The van der Waals surface area contributed by atoms with Gasteiger partial charge in [0, 0.05) is 17.6 Å². The van der Waals surface area contributed by atoms with Gasteiger partial charge >= 0.3 is 0 Å². The number of rotatable bonds is 10. The number of aryl methyl sites for hydroxylation is 1. The standard InChI is InChI=1S/C28H38ClN3O4S/c1-5-25(28(34)30-23-14-7-6-8-15-23)31(18-22-13-9-10-16-24(22)29)27(33)19-32(37(4,35)36)26-17-11-12-20(2)21(26)3/h9-13,16-17,23,25H,5-8,14-15,18-19H2,1-4H3,(H,30,34). The Balaban J connectivity index is 1.95. The fourth-order valence-electron chi connectivity index (χ4n) is 4.87. The quantitative estimate of drug-likeness (QED) is 0.454. The lowest BCUT2D eigenvalue weighted by molar-refractivity contribution is -0.140. The van der Waals surface area contributed by atoms with Crippen LogP contribution in [0.15, 0.2) is 42.5 Å². The molecule has 0 spiro atoms. The Labute approximate surface area is 226 Å². The molecule has 3 rings (SSSR count). The van der Waals surface area contributed by atoms with Crippen LogP contribution < -0.4 is 9.62 Å². The molecule has 1 aliphatic carbocycles. The predicted molar refractivity (Wildman–Crippen MR) is 149 cm³/mol. The Morgan fingerprint density at radius 3 is 2.35 bits per heavy atom. The average molecular weight is 548 g/mol. The van der Waals surface area contributed by atoms with E-state index in [-0.39, 0.29) is 18.5 Å². The Morgan fingerprint density at radius 1 is 1.05 bits per heavy atom. The lowest BCUT2D eigenvalue weighted by Crippen LogP contribution is -2.54. The molecule has 1 aliphatic rings. The molecule has 2 aromatic rings. The van der Waals surface area contributed by atoms with Crippen molar-refractivity contribution in [1.29, 1.82) is 0 Å². The third kappa shape index (κ3) is 7.48. The first-order chi connectivity index (χ1) is 17.5. The number of carbonyl (C=O) groups is 2. The molecule has 1 saturated carbocycles. The second-order valence-corrected chi connectivity index (χ2v) is 12.2. The normalized spacial score (nSPS) is 15.2. The van der Waals surface area contributed by atoms with Gasteiger partial charge in [-0.3, -0.25) is 13.9 Å². The van der Waals surface area contributed by atoms with E-state index in [1.165, 1.54) is 11.3 Å². The van der Waals surface area contributed by atoms with E-state index in [1.807, 2.05) is 39.0 Å². The van der Waals surface area contributed by atoms with E-state index < -0.39 is 28.5 Å². The van der Waals surface area contributed by atoms with E-state index >= 15 is 0 Å². The molecule has 7 nitrogen and oxygen atoms in total. The van der Waals surface area contributed by atoms with Crippen LogP contribution in [-0.4, -0.2) is 50.0 Å². The summed E-state index contributed by atoms with van der Waals surface area (Å²) in [5, 5.41) is 3.62. The van der Waals surface area contributed by atoms with Crippen molar-refractivity contribution < 1.29 is 18.0 Å². The lowest BCUT2D eigenvalue weighted by atomic mass is 9.95. The summed E-state index contributed by atoms with van der Waals surface area (Å²) >= 11 is 6.42. The molecular formula is C28H38ClN3O4S. The number of sulfonamides is 1. The number of hydrogen-bond donors (Lipinski definition) is 1. The molecule has 0 bridgehead atoms. The Hall–Kier alpha value is -2.58. The molecule has 2 amide bonds. The monoisotopic (exact) mass is 547 g/mol. The number of hydrogen-bond acceptors (Lipinski definition) is 4. The third-order valence-electron chi connectivity index (χ3n) is 7.16. The summed E-state index contributed by atoms with van der Waals surface area (Å²) in [6, 6.07) is 11.9. The van der Waals surface area contributed by atoms with E-state index in [9.17, 15) is 18.0 Å². The molecule has 0 saturated heterocycles. The molecule has 1 unspecified atom stereocenters. The maximum Gasteiger partial charge on any atom is 0.244 e. The summed E-state index contributed by atoms with van der Waals surface area (Å²) in [5.41, 5.74) is 2.85. The van der Waals surface area contributed by atoms with Crippen LogP contribution in [-0.2, 0) is 26.2 Å². The zero-order chi connectivity index (χ0) is 27.2. The largest absolute Gasteiger partial charge is 0.352 e. The number of amides is 2. The van der Waals surface area contributed by atoms with Crippen LogP contribution in [0.25, 0.3) is 0 Å². The fourth-order valence-corrected chi connectivity index (χ4v) is 5.97. The van der Waals surface area contributed by atoms with Gasteiger partial charge in [0.05, 0.1) is 11.9 Å². The highest BCUT2D eigenvalue weighted by atomic mass is 35.5. The Kier molecular flexibility index (Phi) is 10.0. The van der Waals surface area contributed by atoms with Crippen LogP contribution in [0.1, 0.15) is 62.1 Å². The van der Waals surface area contributed by atoms with Gasteiger partial charge < -0.3 is 10.2 Å². The number of nitrogens with one attached hydrogen (secondary N) is 1. The summed E-state index contributed by atoms with van der Waals surface area (Å²) in [5.74, 6) is -0.677. The minimum Gasteiger partial charge on any atom is -0.352 e. The Morgan fingerprint density at radius 2 is 1.73 bits per heavy atom. The van der Waals surface area contributed by atoms with Gasteiger partial charge in [-0.25, -0.2) is 8.42 Å². The van der Waals surface area contributed by atoms with Crippen LogP contribution in [0.4, 0.5) is 5.69 Å². The van der Waals surface area contributed by atoms with Gasteiger partial charge in [0.1, 0.15) is 12.6 Å². The van der Waals surface area contributed by atoms with Crippen molar-refractivity contribution in [1.82, 2.24) is 10.2 Å². The summed E-state index contributed by atoms with van der Waals surface area (Å²) < 4.78 is 26.8. The zero-order valence-corrected chi connectivity index (χ0v) is 23.7. The summed E-state index contributed by atoms with van der Waals surface area (Å²) in [6.07, 6.45) is 6.64. The number of halogens is 1. The first kappa shape index (κ1) is 29.0. The van der Waals surface area contributed by atoms with Crippen molar-refractivity contribution in [2.75, 3.05) is 17.1 Å². The van der Waals surface area contributed by atoms with Crippen molar-refractivity contribution >= 4 is 39.1 Å². The number of anilines is 1. The molecule has 2 aromatic carbocycles. The highest BCUT2D eigenvalue weighted by Gasteiger charge is 2.33. The second-order valence-electron chi connectivity index (χ2n) is 9.87. The summed E-state index contributed by atoms with van der Waals surface area (Å²) in [7, 11) is -3.78. The third-order valence-corrected chi connectivity index (χ3v) is 8.66. The van der Waals surface area contributed by atoms with Gasteiger partial charge in [0.25, 0.3) is 0 Å². The van der Waals surface area contributed by atoms with Gasteiger partial charge in [0.15, 0.2) is 0 Å². The molecule has 0 aliphatic heterocycles. The van der Waals surface area contributed by atoms with Crippen LogP contribution in [0, 0.1) is 13.8 Å². The maximum absolute atomic E-state index is 13.9. The summed E-state index contributed by atoms with van der Waals surface area (Å²) in [4.78, 5) is 28.8. The number of benzene rings is 2. The van der Waals surface area contributed by atoms with E-state index in [0.717, 1.165) is 47.4 Å². The molecule has 0 aromatic heterocycles. The second kappa shape index (κ2) is 12.8. The topological polar surface area (TPSA) is 86.8 Å². The predicted octanol–water partition coefficient (Wildman–Crippen LogP) is 4.98. The van der Waals surface area contributed by atoms with E-state index in [0.29, 0.717) is 22.7 Å². The SMILES string of the molecule is CCC(C(=O)NC1CCCCC1)N(Cc1ccccc1Cl)C(=O)CN(c1cccc(C)c1C)S(C)(=O)=O. The first-order valence-corrected chi connectivity index (χ1v) is 15.1. The van der Waals surface area contributed by atoms with Crippen LogP contribution in [0.2, 0.25) is 5.02 Å². The van der Waals surface area contributed by atoms with Gasteiger partial charge in [0.2, 0.25) is 21.8 Å². The molecule has 0 radical (unpaired) electrons. The lowest BCUT2D eigenvalue weighted by Gasteiger charge is -2.34. The zero-order valence-electron chi connectivity index (χ0n) is 22.2. The van der Waals surface area contributed by atoms with Crippen molar-refractivity contribution in [3.05, 3.63) is 64.2 Å². The van der Waals surface area contributed by atoms with Gasteiger partial charge in [-0.15, -0.1) is 0 Å². The number of carbonyl (C=O) groups excluding carboxylic acids is 2. The van der Waals surface area contributed by atoms with Crippen LogP contribution >= 0.6 is 11.6 Å². The molecule has 1 N–H and O–H groups in total. The molecule has 9 heteroatoms. The maximum atomic E-state index is 13.9. The Bertz CT molecular complexity index is 1210. The molecule has 1 atom stereocenters. The molecule has 202 valence electrons. The van der Waals surface area contributed by atoms with Gasteiger partial charge in [-0.05, 0) is 61.9 Å². The smallest absolute Gasteiger partial charge is 0.244 e. The number of nitrogens with zero attached hydrogens (tertiary/aromatic N) is 2. The van der Waals surface area contributed by atoms with E-state index in [4.69, 9.17) is 11.6 Å². The van der Waals surface area contributed by atoms with Gasteiger partial charge in [-0.2, -0.15) is 0 Å². The minimum absolute atomic E-state index is 0.0926. The van der Waals surface area contributed by atoms with Crippen molar-refractivity contribution in [2.45, 2.75) is 77.9 Å². The van der Waals surface area contributed by atoms with Crippen molar-refractivity contribution in [3.8, 4) is 0 Å². The molecular weight excluding hydrogens is 510 g/mol. The fraction of sp³-hybridized carbons (Fsp3) is 0.500. The molecule has 0 heterocycles. The van der Waals surface area contributed by atoms with Crippen molar-refractivity contribution in [2.24, 2.45) is 0 Å². The average Bonchev–Trinajstić information content (AvgIpc) is 2.85. The first-order valence-electron chi connectivity index (χ1n) is 12.9. The van der Waals surface area contributed by atoms with Crippen molar-refractivity contribution in [3.63, 3.8) is 0 Å². The minimum atomic E-state index is -3.78. The highest BCUT2D eigenvalue weighted by Crippen LogP contribution is 2.26. The van der Waals surface area contributed by atoms with E-state index in [1.54, 1.807) is 24.3 Å². The van der Waals surface area contributed by atoms with E-state index in [2.05, 4.69) is 5.32 Å². The van der Waals surface area contributed by atoms with Gasteiger partial charge in [-0.1, -0.05) is 68.1 Å². The van der Waals surface area contributed by atoms with Crippen LogP contribution in [0.5, 0.6) is 0 Å². The molecule has 1 fully saturated rings. The van der Waals surface area contributed by atoms with Crippen LogP contribution in [0.3, 0.4) is 0 Å².